The van der Waals surface area contributed by atoms with Crippen LogP contribution in [0.3, 0.4) is 0 Å². The van der Waals surface area contributed by atoms with Crippen LogP contribution in [0.5, 0.6) is 17.2 Å². The Bertz CT molecular complexity index is 1520. The number of hydrogen-bond acceptors (Lipinski definition) is 9. The van der Waals surface area contributed by atoms with E-state index in [1.165, 1.54) is 15.9 Å². The van der Waals surface area contributed by atoms with E-state index < -0.39 is 0 Å². The molecule has 0 bridgehead atoms. The minimum absolute atomic E-state index is 0.153. The summed E-state index contributed by atoms with van der Waals surface area (Å²) in [5.41, 5.74) is 0.665. The number of carbonyl (C=O) groups is 2. The highest BCUT2D eigenvalue weighted by molar-refractivity contribution is 7.14. The number of benzene rings is 1. The Morgan fingerprint density at radius 2 is 2.02 bits per heavy atom. The van der Waals surface area contributed by atoms with Crippen LogP contribution in [0.1, 0.15) is 27.4 Å². The lowest BCUT2D eigenvalue weighted by molar-refractivity contribution is 0.103. The molecule has 1 saturated heterocycles. The van der Waals surface area contributed by atoms with E-state index in [4.69, 9.17) is 14.2 Å². The molecule has 5 rings (SSSR count). The lowest BCUT2D eigenvalue weighted by Gasteiger charge is -2.21. The number of fused-ring (bicyclic) bond motifs is 1. The van der Waals surface area contributed by atoms with Crippen LogP contribution in [0.15, 0.2) is 54.9 Å². The molecule has 4 aromatic rings. The number of carbonyl (C=O) groups excluding carboxylic acids is 2. The van der Waals surface area contributed by atoms with Crippen molar-refractivity contribution < 1.29 is 28.9 Å². The molecule has 3 N–H and O–H groups in total. The summed E-state index contributed by atoms with van der Waals surface area (Å²) < 4.78 is 18.7. The number of likely N-dealkylation sites (tertiary alicyclic amines) is 1. The molecule has 1 fully saturated rings. The summed E-state index contributed by atoms with van der Waals surface area (Å²) in [4.78, 5) is 33.4. The van der Waals surface area contributed by atoms with Crippen LogP contribution in [0.2, 0.25) is 0 Å². The molecule has 0 aliphatic carbocycles. The molecule has 0 saturated carbocycles. The Labute approximate surface area is 241 Å². The van der Waals surface area contributed by atoms with E-state index in [0.29, 0.717) is 40.1 Å². The van der Waals surface area contributed by atoms with E-state index in [0.717, 1.165) is 36.2 Å². The summed E-state index contributed by atoms with van der Waals surface area (Å²) in [6.07, 6.45) is 5.31. The number of pyridine rings is 1. The van der Waals surface area contributed by atoms with Gasteiger partial charge in [0.1, 0.15) is 18.2 Å². The van der Waals surface area contributed by atoms with Crippen LogP contribution in [0, 0.1) is 0 Å². The summed E-state index contributed by atoms with van der Waals surface area (Å²) in [6.45, 7) is 2.49. The summed E-state index contributed by atoms with van der Waals surface area (Å²) in [5, 5.41) is 15.8. The number of methoxy groups -OCH3 is 1. The largest absolute Gasteiger partial charge is 0.487 e. The van der Waals surface area contributed by atoms with Crippen molar-refractivity contribution >= 4 is 40.0 Å². The standard InChI is InChI=1S/C29H33N5O6S/c1-30-29(37)34-11-8-19-14-25(24(16-23(19)34)39-13-12-38-2)40-21-7-9-31-27(15-21)32-28(36)26-6-5-22(41-26)17-33-10-3-4-20(33)18-35/h5-9,11,14-16,20,35H,3-4,10,12-13,17-18H2,1-2H3,(H,30,37)(H,31,32,36)/t20-/m1/s1. The third-order valence-electron chi connectivity index (χ3n) is 6.89. The van der Waals surface area contributed by atoms with E-state index in [1.807, 2.05) is 18.2 Å². The molecule has 216 valence electrons. The highest BCUT2D eigenvalue weighted by atomic mass is 32.1. The minimum atomic E-state index is -0.269. The second kappa shape index (κ2) is 13.1. The molecule has 4 heterocycles. The number of hydrogen-bond donors (Lipinski definition) is 3. The number of nitrogens with zero attached hydrogens (tertiary/aromatic N) is 3. The maximum absolute atomic E-state index is 13.0. The molecular weight excluding hydrogens is 546 g/mol. The first kappa shape index (κ1) is 28.6. The van der Waals surface area contributed by atoms with Gasteiger partial charge in [-0.15, -0.1) is 11.3 Å². The van der Waals surface area contributed by atoms with Gasteiger partial charge in [0, 0.05) is 61.5 Å². The smallest absolute Gasteiger partial charge is 0.325 e. The zero-order valence-electron chi connectivity index (χ0n) is 23.0. The van der Waals surface area contributed by atoms with Gasteiger partial charge in [-0.2, -0.15) is 0 Å². The van der Waals surface area contributed by atoms with E-state index in [9.17, 15) is 14.7 Å². The molecule has 0 spiro atoms. The molecule has 1 atom stereocenters. The summed E-state index contributed by atoms with van der Waals surface area (Å²) >= 11 is 1.43. The Kier molecular flexibility index (Phi) is 9.14. The van der Waals surface area contributed by atoms with Gasteiger partial charge in [-0.3, -0.25) is 14.3 Å². The van der Waals surface area contributed by atoms with Crippen molar-refractivity contribution in [1.82, 2.24) is 19.8 Å². The summed E-state index contributed by atoms with van der Waals surface area (Å²) in [6, 6.07) is 12.4. The number of anilines is 1. The first-order chi connectivity index (χ1) is 20.0. The molecular formula is C29H33N5O6S. The molecule has 1 aliphatic heterocycles. The lowest BCUT2D eigenvalue weighted by atomic mass is 10.2. The highest BCUT2D eigenvalue weighted by Gasteiger charge is 2.24. The first-order valence-electron chi connectivity index (χ1n) is 13.4. The van der Waals surface area contributed by atoms with Gasteiger partial charge in [-0.1, -0.05) is 0 Å². The van der Waals surface area contributed by atoms with Crippen LogP contribution >= 0.6 is 11.3 Å². The number of aliphatic hydroxyl groups is 1. The fraction of sp³-hybridized carbons (Fsp3) is 0.345. The Hall–Kier alpha value is -3.97. The molecule has 0 unspecified atom stereocenters. The predicted octanol–water partition coefficient (Wildman–Crippen LogP) is 4.31. The monoisotopic (exact) mass is 579 g/mol. The second-order valence-corrected chi connectivity index (χ2v) is 10.8. The first-order valence-corrected chi connectivity index (χ1v) is 14.2. The van der Waals surface area contributed by atoms with Crippen molar-refractivity contribution in [1.29, 1.82) is 0 Å². The number of thiophene rings is 1. The summed E-state index contributed by atoms with van der Waals surface area (Å²) in [7, 11) is 3.16. The third kappa shape index (κ3) is 6.68. The topological polar surface area (TPSA) is 127 Å². The van der Waals surface area contributed by atoms with Gasteiger partial charge in [0.05, 0.1) is 23.6 Å². The van der Waals surface area contributed by atoms with Gasteiger partial charge in [-0.25, -0.2) is 9.78 Å². The molecule has 1 aliphatic rings. The van der Waals surface area contributed by atoms with Gasteiger partial charge in [0.2, 0.25) is 0 Å². The molecule has 41 heavy (non-hydrogen) atoms. The van der Waals surface area contributed by atoms with E-state index in [1.54, 1.807) is 50.8 Å². The van der Waals surface area contributed by atoms with Crippen LogP contribution in [0.25, 0.3) is 10.9 Å². The van der Waals surface area contributed by atoms with E-state index in [-0.39, 0.29) is 31.2 Å². The number of aromatic nitrogens is 2. The van der Waals surface area contributed by atoms with Crippen molar-refractivity contribution in [2.75, 3.05) is 45.8 Å². The van der Waals surface area contributed by atoms with Crippen molar-refractivity contribution in [2.24, 2.45) is 0 Å². The zero-order chi connectivity index (χ0) is 28.8. The Morgan fingerprint density at radius 1 is 1.15 bits per heavy atom. The third-order valence-corrected chi connectivity index (χ3v) is 7.96. The quantitative estimate of drug-likeness (QED) is 0.224. The minimum Gasteiger partial charge on any atom is -0.487 e. The maximum atomic E-state index is 13.0. The molecule has 0 radical (unpaired) electrons. The average Bonchev–Trinajstić information content (AvgIpc) is 3.73. The fourth-order valence-corrected chi connectivity index (χ4v) is 5.74. The molecule has 1 aromatic carbocycles. The van der Waals surface area contributed by atoms with Gasteiger partial charge in [-0.05, 0) is 49.7 Å². The van der Waals surface area contributed by atoms with Gasteiger partial charge >= 0.3 is 6.03 Å². The van der Waals surface area contributed by atoms with Gasteiger partial charge in [0.25, 0.3) is 5.91 Å². The van der Waals surface area contributed by atoms with Crippen molar-refractivity contribution in [2.45, 2.75) is 25.4 Å². The number of aliphatic hydroxyl groups excluding tert-OH is 1. The van der Waals surface area contributed by atoms with Crippen LogP contribution in [-0.4, -0.2) is 78.1 Å². The number of rotatable bonds is 11. The number of amides is 2. The van der Waals surface area contributed by atoms with E-state index in [2.05, 4.69) is 20.5 Å². The van der Waals surface area contributed by atoms with Crippen molar-refractivity contribution in [3.05, 3.63) is 64.6 Å². The normalized spacial score (nSPS) is 15.2. The number of nitrogens with one attached hydrogen (secondary N) is 2. The van der Waals surface area contributed by atoms with E-state index >= 15 is 0 Å². The predicted molar refractivity (Wildman–Crippen MR) is 156 cm³/mol. The number of ether oxygens (including phenoxy) is 3. The SMILES string of the molecule is CNC(=O)n1ccc2cc(Oc3ccnc(NC(=O)c4ccc(CN5CCC[C@@H]5CO)s4)c3)c(OCCOC)cc21. The van der Waals surface area contributed by atoms with Crippen molar-refractivity contribution in [3.8, 4) is 17.2 Å². The fourth-order valence-electron chi connectivity index (χ4n) is 4.81. The second-order valence-electron chi connectivity index (χ2n) is 9.59. The maximum Gasteiger partial charge on any atom is 0.325 e. The van der Waals surface area contributed by atoms with Crippen LogP contribution in [0.4, 0.5) is 10.6 Å². The Morgan fingerprint density at radius 3 is 2.83 bits per heavy atom. The summed E-state index contributed by atoms with van der Waals surface area (Å²) in [5.74, 6) is 1.42. The van der Waals surface area contributed by atoms with Gasteiger partial charge < -0.3 is 30.0 Å². The van der Waals surface area contributed by atoms with Gasteiger partial charge in [0.15, 0.2) is 11.5 Å². The van der Waals surface area contributed by atoms with Crippen molar-refractivity contribution in [3.63, 3.8) is 0 Å². The Balaban J connectivity index is 1.30. The van der Waals surface area contributed by atoms with Crippen LogP contribution in [-0.2, 0) is 11.3 Å². The molecule has 2 amide bonds. The highest BCUT2D eigenvalue weighted by Crippen LogP contribution is 2.37. The van der Waals surface area contributed by atoms with Crippen LogP contribution < -0.4 is 20.1 Å². The molecule has 3 aromatic heterocycles. The average molecular weight is 580 g/mol. The molecule has 11 nitrogen and oxygen atoms in total. The molecule has 12 heteroatoms. The lowest BCUT2D eigenvalue weighted by Crippen LogP contribution is -2.31. The zero-order valence-corrected chi connectivity index (χ0v) is 23.8.